The lowest BCUT2D eigenvalue weighted by Crippen LogP contribution is -2.41. The van der Waals surface area contributed by atoms with Crippen LogP contribution >= 0.6 is 35.7 Å². The maximum atomic E-state index is 12.0. The average molecular weight is 501 g/mol. The molecule has 1 heterocycles. The highest BCUT2D eigenvalue weighted by atomic mass is 127. The van der Waals surface area contributed by atoms with Crippen LogP contribution in [0, 0.1) is 0 Å². The van der Waals surface area contributed by atoms with E-state index in [9.17, 15) is 8.42 Å². The zero-order valence-electron chi connectivity index (χ0n) is 14.7. The molecule has 0 amide bonds. The van der Waals surface area contributed by atoms with Gasteiger partial charge in [0.2, 0.25) is 10.0 Å². The van der Waals surface area contributed by atoms with E-state index in [1.807, 2.05) is 18.7 Å². The Morgan fingerprint density at radius 2 is 2.08 bits per heavy atom. The molecule has 0 aliphatic rings. The average Bonchev–Trinajstić information content (AvgIpc) is 2.59. The molecule has 0 aliphatic heterocycles. The number of halogens is 1. The van der Waals surface area contributed by atoms with Crippen LogP contribution in [0.25, 0.3) is 0 Å². The van der Waals surface area contributed by atoms with E-state index in [1.54, 1.807) is 12.3 Å². The first-order valence-electron chi connectivity index (χ1n) is 8.01. The molecular weight excluding hydrogens is 473 g/mol. The van der Waals surface area contributed by atoms with Gasteiger partial charge in [0.25, 0.3) is 0 Å². The Bertz CT molecular complexity index is 585. The van der Waals surface area contributed by atoms with Gasteiger partial charge in [0, 0.05) is 38.6 Å². The van der Waals surface area contributed by atoms with Crippen molar-refractivity contribution in [2.24, 2.45) is 4.99 Å². The van der Waals surface area contributed by atoms with Crippen molar-refractivity contribution in [3.05, 3.63) is 24.5 Å². The van der Waals surface area contributed by atoms with E-state index in [0.717, 1.165) is 31.7 Å². The Morgan fingerprint density at radius 3 is 2.72 bits per heavy atom. The van der Waals surface area contributed by atoms with Crippen molar-refractivity contribution in [3.63, 3.8) is 0 Å². The number of rotatable bonds is 11. The molecule has 1 rings (SSSR count). The van der Waals surface area contributed by atoms with Crippen LogP contribution in [-0.4, -0.2) is 57.5 Å². The summed E-state index contributed by atoms with van der Waals surface area (Å²) in [4.78, 5) is 8.46. The smallest absolute Gasteiger partial charge is 0.242 e. The third-order valence-electron chi connectivity index (χ3n) is 3.02. The van der Waals surface area contributed by atoms with Gasteiger partial charge in [-0.15, -0.1) is 24.0 Å². The molecule has 0 aliphatic carbocycles. The molecule has 10 heteroatoms. The largest absolute Gasteiger partial charge is 0.357 e. The summed E-state index contributed by atoms with van der Waals surface area (Å²) in [7, 11) is -3.51. The molecule has 144 valence electrons. The summed E-state index contributed by atoms with van der Waals surface area (Å²) in [5.41, 5.74) is 0. The number of nitrogens with zero attached hydrogens (tertiary/aromatic N) is 2. The summed E-state index contributed by atoms with van der Waals surface area (Å²) in [5.74, 6) is 1.86. The van der Waals surface area contributed by atoms with Crippen LogP contribution in [0.3, 0.4) is 0 Å². The summed E-state index contributed by atoms with van der Waals surface area (Å²) in [6.07, 6.45) is 7.16. The summed E-state index contributed by atoms with van der Waals surface area (Å²) in [6.45, 7) is 4.25. The quantitative estimate of drug-likeness (QED) is 0.185. The number of pyridine rings is 1. The number of guanidine groups is 1. The highest BCUT2D eigenvalue weighted by Gasteiger charge is 2.12. The number of aliphatic imine (C=N–C) groups is 1. The Kier molecular flexibility index (Phi) is 14.2. The number of hydrogen-bond acceptors (Lipinski definition) is 5. The monoisotopic (exact) mass is 501 g/mol. The standard InChI is InChI=1S/C15H27N5O2S2.HI/c1-3-17-15(18-9-4-5-12-23-2)19-10-11-20-24(21,22)14-7-6-8-16-13-14;/h6-8,13,20H,3-5,9-12H2,1-2H3,(H2,17,18,19);1H. The van der Waals surface area contributed by atoms with Crippen LogP contribution < -0.4 is 15.4 Å². The van der Waals surface area contributed by atoms with E-state index in [2.05, 4.69) is 31.6 Å². The van der Waals surface area contributed by atoms with Gasteiger partial charge < -0.3 is 10.6 Å². The van der Waals surface area contributed by atoms with Gasteiger partial charge in [0.15, 0.2) is 5.96 Å². The minimum absolute atomic E-state index is 0. The molecule has 0 bridgehead atoms. The lowest BCUT2D eigenvalue weighted by molar-refractivity contribution is 0.580. The minimum atomic E-state index is -3.51. The van der Waals surface area contributed by atoms with Gasteiger partial charge in [-0.25, -0.2) is 13.1 Å². The van der Waals surface area contributed by atoms with Crippen LogP contribution in [0.15, 0.2) is 34.4 Å². The van der Waals surface area contributed by atoms with Gasteiger partial charge in [-0.1, -0.05) is 0 Å². The van der Waals surface area contributed by atoms with E-state index in [1.165, 1.54) is 12.3 Å². The van der Waals surface area contributed by atoms with Crippen LogP contribution in [0.5, 0.6) is 0 Å². The van der Waals surface area contributed by atoms with Crippen molar-refractivity contribution in [3.8, 4) is 0 Å². The number of thioether (sulfide) groups is 1. The fourth-order valence-electron chi connectivity index (χ4n) is 1.85. The Hall–Kier alpha value is -0.590. The summed E-state index contributed by atoms with van der Waals surface area (Å²) >= 11 is 1.84. The number of nitrogens with one attached hydrogen (secondary N) is 3. The fraction of sp³-hybridized carbons (Fsp3) is 0.600. The number of hydrogen-bond donors (Lipinski definition) is 3. The topological polar surface area (TPSA) is 95.5 Å². The van der Waals surface area contributed by atoms with Gasteiger partial charge in [-0.2, -0.15) is 11.8 Å². The first-order chi connectivity index (χ1) is 11.6. The molecule has 0 atom stereocenters. The van der Waals surface area contributed by atoms with Crippen molar-refractivity contribution in [2.75, 3.05) is 38.2 Å². The van der Waals surface area contributed by atoms with E-state index in [4.69, 9.17) is 0 Å². The Morgan fingerprint density at radius 1 is 1.28 bits per heavy atom. The summed E-state index contributed by atoms with van der Waals surface area (Å²) < 4.78 is 26.6. The second kappa shape index (κ2) is 14.6. The predicted octanol–water partition coefficient (Wildman–Crippen LogP) is 1.68. The first kappa shape index (κ1) is 24.4. The van der Waals surface area contributed by atoms with Crippen molar-refractivity contribution in [1.82, 2.24) is 20.3 Å². The molecular formula is C15H28IN5O2S2. The van der Waals surface area contributed by atoms with Crippen LogP contribution in [0.1, 0.15) is 19.8 Å². The van der Waals surface area contributed by atoms with Crippen LogP contribution in [0.2, 0.25) is 0 Å². The van der Waals surface area contributed by atoms with Crippen LogP contribution in [0.4, 0.5) is 0 Å². The van der Waals surface area contributed by atoms with Gasteiger partial charge in [0.05, 0.1) is 0 Å². The SMILES string of the molecule is CCNC(=NCCCCSC)NCCNS(=O)(=O)c1cccnc1.I. The highest BCUT2D eigenvalue weighted by molar-refractivity contribution is 14.0. The predicted molar refractivity (Wildman–Crippen MR) is 116 cm³/mol. The minimum Gasteiger partial charge on any atom is -0.357 e. The Labute approximate surface area is 172 Å². The van der Waals surface area contributed by atoms with Crippen molar-refractivity contribution < 1.29 is 8.42 Å². The molecule has 0 saturated carbocycles. The van der Waals surface area contributed by atoms with E-state index in [0.29, 0.717) is 12.5 Å². The summed E-state index contributed by atoms with van der Waals surface area (Å²) in [6, 6.07) is 3.11. The zero-order chi connectivity index (χ0) is 17.7. The molecule has 25 heavy (non-hydrogen) atoms. The van der Waals surface area contributed by atoms with Gasteiger partial charge >= 0.3 is 0 Å². The lowest BCUT2D eigenvalue weighted by atomic mass is 10.3. The molecule has 1 aromatic heterocycles. The van der Waals surface area contributed by atoms with E-state index < -0.39 is 10.0 Å². The molecule has 0 unspecified atom stereocenters. The molecule has 1 aromatic rings. The van der Waals surface area contributed by atoms with Gasteiger partial charge in [-0.05, 0) is 43.9 Å². The van der Waals surface area contributed by atoms with Crippen molar-refractivity contribution in [2.45, 2.75) is 24.7 Å². The maximum absolute atomic E-state index is 12.0. The molecule has 0 fully saturated rings. The first-order valence-corrected chi connectivity index (χ1v) is 10.9. The molecule has 0 aromatic carbocycles. The molecule has 3 N–H and O–H groups in total. The zero-order valence-corrected chi connectivity index (χ0v) is 18.7. The number of unbranched alkanes of at least 4 members (excludes halogenated alkanes) is 1. The second-order valence-electron chi connectivity index (χ2n) is 4.97. The number of aromatic nitrogens is 1. The Balaban J connectivity index is 0.00000576. The van der Waals surface area contributed by atoms with E-state index >= 15 is 0 Å². The molecule has 7 nitrogen and oxygen atoms in total. The molecule has 0 saturated heterocycles. The van der Waals surface area contributed by atoms with Crippen molar-refractivity contribution in [1.29, 1.82) is 0 Å². The van der Waals surface area contributed by atoms with Crippen molar-refractivity contribution >= 4 is 51.7 Å². The third-order valence-corrected chi connectivity index (χ3v) is 5.17. The highest BCUT2D eigenvalue weighted by Crippen LogP contribution is 2.04. The van der Waals surface area contributed by atoms with Crippen LogP contribution in [-0.2, 0) is 10.0 Å². The maximum Gasteiger partial charge on any atom is 0.242 e. The lowest BCUT2D eigenvalue weighted by Gasteiger charge is -2.12. The third kappa shape index (κ3) is 10.9. The molecule has 0 radical (unpaired) electrons. The van der Waals surface area contributed by atoms with E-state index in [-0.39, 0.29) is 35.4 Å². The normalized spacial score (nSPS) is 11.7. The van der Waals surface area contributed by atoms with Gasteiger partial charge in [-0.3, -0.25) is 9.98 Å². The second-order valence-corrected chi connectivity index (χ2v) is 7.73. The molecule has 0 spiro atoms. The summed E-state index contributed by atoms with van der Waals surface area (Å²) in [5, 5.41) is 6.28. The van der Waals surface area contributed by atoms with Gasteiger partial charge in [0.1, 0.15) is 4.90 Å². The number of sulfonamides is 1. The fourth-order valence-corrected chi connectivity index (χ4v) is 3.33.